The fraction of sp³-hybridized carbons (Fsp3) is 0.238. The number of rotatable bonds is 8. The topological polar surface area (TPSA) is 88.3 Å². The molecule has 0 radical (unpaired) electrons. The SMILES string of the molecule is CNc1ccccc1C(=O)Nc1cc(CCc2cc(OC)cc(OC)c2)[nH]n1. The van der Waals surface area contributed by atoms with Gasteiger partial charge in [-0.15, -0.1) is 0 Å². The van der Waals surface area contributed by atoms with Crippen molar-refractivity contribution < 1.29 is 14.3 Å². The number of aryl methyl sites for hydroxylation is 2. The fourth-order valence-corrected chi connectivity index (χ4v) is 2.93. The number of hydrogen-bond acceptors (Lipinski definition) is 5. The number of benzene rings is 2. The summed E-state index contributed by atoms with van der Waals surface area (Å²) >= 11 is 0. The van der Waals surface area contributed by atoms with Crippen molar-refractivity contribution in [2.45, 2.75) is 12.8 Å². The van der Waals surface area contributed by atoms with Gasteiger partial charge in [0.05, 0.1) is 19.8 Å². The third-order valence-corrected chi connectivity index (χ3v) is 4.41. The van der Waals surface area contributed by atoms with E-state index in [0.717, 1.165) is 41.3 Å². The first-order valence-electron chi connectivity index (χ1n) is 8.97. The molecule has 0 aliphatic carbocycles. The molecule has 7 heteroatoms. The van der Waals surface area contributed by atoms with E-state index in [-0.39, 0.29) is 5.91 Å². The van der Waals surface area contributed by atoms with Crippen LogP contribution in [0.15, 0.2) is 48.5 Å². The molecule has 0 spiro atoms. The predicted molar refractivity (Wildman–Crippen MR) is 109 cm³/mol. The van der Waals surface area contributed by atoms with Crippen LogP contribution in [-0.4, -0.2) is 37.4 Å². The van der Waals surface area contributed by atoms with E-state index in [1.54, 1.807) is 27.3 Å². The molecule has 2 aromatic carbocycles. The summed E-state index contributed by atoms with van der Waals surface area (Å²) in [6, 6.07) is 15.0. The van der Waals surface area contributed by atoms with Crippen LogP contribution in [0.3, 0.4) is 0 Å². The molecule has 3 aromatic rings. The molecule has 1 amide bonds. The maximum absolute atomic E-state index is 12.5. The molecule has 0 bridgehead atoms. The van der Waals surface area contributed by atoms with Crippen molar-refractivity contribution >= 4 is 17.4 Å². The molecule has 0 saturated carbocycles. The second-order valence-corrected chi connectivity index (χ2v) is 6.25. The third kappa shape index (κ3) is 4.62. The van der Waals surface area contributed by atoms with Crippen LogP contribution in [0.4, 0.5) is 11.5 Å². The van der Waals surface area contributed by atoms with Crippen molar-refractivity contribution in [3.8, 4) is 11.5 Å². The highest BCUT2D eigenvalue weighted by molar-refractivity contribution is 6.07. The Morgan fingerprint density at radius 1 is 1.04 bits per heavy atom. The Hall–Kier alpha value is -3.48. The molecule has 0 aliphatic rings. The Morgan fingerprint density at radius 2 is 1.75 bits per heavy atom. The number of anilines is 2. The molecule has 0 aliphatic heterocycles. The number of ether oxygens (including phenoxy) is 2. The fourth-order valence-electron chi connectivity index (χ4n) is 2.93. The highest BCUT2D eigenvalue weighted by Gasteiger charge is 2.12. The first-order valence-corrected chi connectivity index (χ1v) is 8.97. The highest BCUT2D eigenvalue weighted by atomic mass is 16.5. The first-order chi connectivity index (χ1) is 13.6. The summed E-state index contributed by atoms with van der Waals surface area (Å²) in [6.07, 6.45) is 1.53. The average Bonchev–Trinajstić information content (AvgIpc) is 3.19. The Kier molecular flexibility index (Phi) is 6.16. The number of carbonyl (C=O) groups excluding carboxylic acids is 1. The summed E-state index contributed by atoms with van der Waals surface area (Å²) in [7, 11) is 5.05. The molecular formula is C21H24N4O3. The van der Waals surface area contributed by atoms with Gasteiger partial charge in [-0.3, -0.25) is 9.89 Å². The molecule has 3 N–H and O–H groups in total. The number of nitrogens with one attached hydrogen (secondary N) is 3. The lowest BCUT2D eigenvalue weighted by Crippen LogP contribution is -2.14. The smallest absolute Gasteiger partial charge is 0.258 e. The van der Waals surface area contributed by atoms with Gasteiger partial charge in [-0.2, -0.15) is 5.10 Å². The largest absolute Gasteiger partial charge is 0.497 e. The number of H-pyrrole nitrogens is 1. The summed E-state index contributed by atoms with van der Waals surface area (Å²) in [6.45, 7) is 0. The van der Waals surface area contributed by atoms with Gasteiger partial charge in [0.25, 0.3) is 5.91 Å². The van der Waals surface area contributed by atoms with Crippen LogP contribution in [0.1, 0.15) is 21.6 Å². The van der Waals surface area contributed by atoms with E-state index in [4.69, 9.17) is 9.47 Å². The van der Waals surface area contributed by atoms with Gasteiger partial charge < -0.3 is 20.1 Å². The van der Waals surface area contributed by atoms with Crippen molar-refractivity contribution in [2.75, 3.05) is 31.9 Å². The molecule has 3 rings (SSSR count). The molecule has 7 nitrogen and oxygen atoms in total. The Morgan fingerprint density at radius 3 is 2.43 bits per heavy atom. The molecule has 146 valence electrons. The zero-order valence-electron chi connectivity index (χ0n) is 16.2. The van der Waals surface area contributed by atoms with Crippen LogP contribution in [-0.2, 0) is 12.8 Å². The van der Waals surface area contributed by atoms with Crippen LogP contribution in [0, 0.1) is 0 Å². The summed E-state index contributed by atoms with van der Waals surface area (Å²) in [5.74, 6) is 1.81. The van der Waals surface area contributed by atoms with Crippen molar-refractivity contribution in [1.29, 1.82) is 0 Å². The van der Waals surface area contributed by atoms with Gasteiger partial charge in [0.15, 0.2) is 5.82 Å². The van der Waals surface area contributed by atoms with E-state index in [2.05, 4.69) is 20.8 Å². The maximum atomic E-state index is 12.5. The molecule has 1 aromatic heterocycles. The normalized spacial score (nSPS) is 10.4. The second-order valence-electron chi connectivity index (χ2n) is 6.25. The van der Waals surface area contributed by atoms with Crippen molar-refractivity contribution in [1.82, 2.24) is 10.2 Å². The molecule has 1 heterocycles. The number of nitrogens with zero attached hydrogens (tertiary/aromatic N) is 1. The molecule has 0 atom stereocenters. The minimum absolute atomic E-state index is 0.208. The third-order valence-electron chi connectivity index (χ3n) is 4.41. The van der Waals surface area contributed by atoms with E-state index in [1.165, 1.54) is 0 Å². The number of carbonyl (C=O) groups is 1. The molecule has 0 saturated heterocycles. The number of aromatic nitrogens is 2. The van der Waals surface area contributed by atoms with Crippen molar-refractivity contribution in [3.63, 3.8) is 0 Å². The minimum Gasteiger partial charge on any atom is -0.497 e. The Balaban J connectivity index is 1.64. The second kappa shape index (κ2) is 8.94. The summed E-state index contributed by atoms with van der Waals surface area (Å²) in [5, 5.41) is 13.0. The van der Waals surface area contributed by atoms with Gasteiger partial charge in [0.1, 0.15) is 11.5 Å². The highest BCUT2D eigenvalue weighted by Crippen LogP contribution is 2.23. The van der Waals surface area contributed by atoms with E-state index >= 15 is 0 Å². The zero-order chi connectivity index (χ0) is 19.9. The van der Waals surface area contributed by atoms with Crippen LogP contribution in [0.5, 0.6) is 11.5 Å². The number of amides is 1. The van der Waals surface area contributed by atoms with E-state index in [0.29, 0.717) is 11.4 Å². The average molecular weight is 380 g/mol. The van der Waals surface area contributed by atoms with Gasteiger partial charge in [-0.1, -0.05) is 12.1 Å². The van der Waals surface area contributed by atoms with Gasteiger partial charge in [0, 0.05) is 30.6 Å². The molecular weight excluding hydrogens is 356 g/mol. The van der Waals surface area contributed by atoms with Crippen LogP contribution < -0.4 is 20.1 Å². The number of hydrogen-bond donors (Lipinski definition) is 3. The standard InChI is InChI=1S/C21H24N4O3/c1-22-19-7-5-4-6-18(19)21(26)23-20-12-15(24-25-20)9-8-14-10-16(27-2)13-17(11-14)28-3/h4-7,10-13,22H,8-9H2,1-3H3,(H2,23,24,25,26). The summed E-state index contributed by atoms with van der Waals surface area (Å²) in [5.41, 5.74) is 3.36. The summed E-state index contributed by atoms with van der Waals surface area (Å²) < 4.78 is 10.6. The minimum atomic E-state index is -0.208. The van der Waals surface area contributed by atoms with Gasteiger partial charge in [0.2, 0.25) is 0 Å². The van der Waals surface area contributed by atoms with Gasteiger partial charge >= 0.3 is 0 Å². The molecule has 28 heavy (non-hydrogen) atoms. The Labute approximate surface area is 164 Å². The quantitative estimate of drug-likeness (QED) is 0.557. The van der Waals surface area contributed by atoms with E-state index in [9.17, 15) is 4.79 Å². The zero-order valence-corrected chi connectivity index (χ0v) is 16.2. The molecule has 0 unspecified atom stereocenters. The predicted octanol–water partition coefficient (Wildman–Crippen LogP) is 3.51. The number of aromatic amines is 1. The van der Waals surface area contributed by atoms with Crippen LogP contribution >= 0.6 is 0 Å². The monoisotopic (exact) mass is 380 g/mol. The van der Waals surface area contributed by atoms with E-state index in [1.807, 2.05) is 42.5 Å². The van der Waals surface area contributed by atoms with E-state index < -0.39 is 0 Å². The van der Waals surface area contributed by atoms with Crippen LogP contribution in [0.25, 0.3) is 0 Å². The maximum Gasteiger partial charge on any atom is 0.258 e. The van der Waals surface area contributed by atoms with Gasteiger partial charge in [-0.05, 0) is 42.7 Å². The lowest BCUT2D eigenvalue weighted by molar-refractivity contribution is 0.102. The number of para-hydroxylation sites is 1. The Bertz CT molecular complexity index is 930. The lowest BCUT2D eigenvalue weighted by Gasteiger charge is -2.08. The summed E-state index contributed by atoms with van der Waals surface area (Å²) in [4.78, 5) is 12.5. The van der Waals surface area contributed by atoms with Gasteiger partial charge in [-0.25, -0.2) is 0 Å². The van der Waals surface area contributed by atoms with Crippen molar-refractivity contribution in [2.24, 2.45) is 0 Å². The number of methoxy groups -OCH3 is 2. The van der Waals surface area contributed by atoms with Crippen LogP contribution in [0.2, 0.25) is 0 Å². The van der Waals surface area contributed by atoms with Crippen molar-refractivity contribution in [3.05, 3.63) is 65.4 Å². The molecule has 0 fully saturated rings. The first kappa shape index (κ1) is 19.3. The lowest BCUT2D eigenvalue weighted by atomic mass is 10.1.